The summed E-state index contributed by atoms with van der Waals surface area (Å²) in [4.78, 5) is 68.0. The molecule has 53 heavy (non-hydrogen) atoms. The van der Waals surface area contributed by atoms with E-state index < -0.39 is 30.0 Å². The number of nitrogens with one attached hydrogen (secondary N) is 2. The summed E-state index contributed by atoms with van der Waals surface area (Å²) in [7, 11) is 5.36. The summed E-state index contributed by atoms with van der Waals surface area (Å²) in [5.41, 5.74) is 3.22. The van der Waals surface area contributed by atoms with Gasteiger partial charge in [-0.15, -0.1) is 0 Å². The van der Waals surface area contributed by atoms with E-state index in [0.717, 1.165) is 30.0 Å². The van der Waals surface area contributed by atoms with Crippen LogP contribution in [0.1, 0.15) is 63.3 Å². The largest absolute Gasteiger partial charge is 0.457 e. The number of rotatable bonds is 8. The second-order valence-corrected chi connectivity index (χ2v) is 14.5. The van der Waals surface area contributed by atoms with E-state index in [0.29, 0.717) is 38.5 Å². The number of piperidine rings is 2. The van der Waals surface area contributed by atoms with Crippen LogP contribution in [0.2, 0.25) is 0 Å². The summed E-state index contributed by atoms with van der Waals surface area (Å²) in [6.45, 7) is 1.66. The number of aliphatic hydroxyl groups is 1. The number of hydrogen-bond acceptors (Lipinski definition) is 10. The smallest absolute Gasteiger partial charge is 0.282 e. The molecular weight excluding hydrogens is 746 g/mol. The molecule has 0 saturated carbocycles. The molecule has 2 unspecified atom stereocenters. The zero-order chi connectivity index (χ0) is 37.6. The molecule has 15 heteroatoms. The highest BCUT2D eigenvalue weighted by Gasteiger charge is 2.44. The van der Waals surface area contributed by atoms with Crippen molar-refractivity contribution in [3.05, 3.63) is 110 Å². The van der Waals surface area contributed by atoms with E-state index in [9.17, 15) is 29.1 Å². The quantitative estimate of drug-likeness (QED) is 0.224. The van der Waals surface area contributed by atoms with Gasteiger partial charge in [0.25, 0.3) is 17.4 Å². The number of fused-ring (bicyclic) bond motifs is 1. The van der Waals surface area contributed by atoms with Crippen LogP contribution in [0.3, 0.4) is 0 Å². The molecule has 4 heterocycles. The Morgan fingerprint density at radius 3 is 2.53 bits per heavy atom. The maximum Gasteiger partial charge on any atom is 0.282 e. The monoisotopic (exact) mass is 783 g/mol. The lowest BCUT2D eigenvalue weighted by Gasteiger charge is -2.37. The van der Waals surface area contributed by atoms with Crippen LogP contribution in [-0.2, 0) is 16.6 Å². The number of halogens is 1. The van der Waals surface area contributed by atoms with Gasteiger partial charge in [0.05, 0.1) is 11.9 Å². The molecule has 3 N–H and O–H groups in total. The molecule has 14 nitrogen and oxygen atoms in total. The van der Waals surface area contributed by atoms with E-state index in [2.05, 4.69) is 43.6 Å². The van der Waals surface area contributed by atoms with Gasteiger partial charge in [-0.05, 0) is 89.8 Å². The first-order valence-corrected chi connectivity index (χ1v) is 18.0. The Kier molecular flexibility index (Phi) is 9.89. The molecule has 2 fully saturated rings. The third-order valence-corrected chi connectivity index (χ3v) is 10.8. The highest BCUT2D eigenvalue weighted by Crippen LogP contribution is 2.38. The summed E-state index contributed by atoms with van der Waals surface area (Å²) in [5, 5.41) is 20.9. The third-order valence-electron chi connectivity index (χ3n) is 10.0. The standard InChI is InChI=1S/C38H38BrN7O7/c1-43-19-23(15-24(20-43)41-30-18-40-45(3)38(52)33(30)39)21-7-9-22(10-8-21)35(49)44(2)25-5-4-6-26(16-25)53-27-11-12-28-29(17-27)37(51)46(36(28)50)31-13-14-32(47)42-34(31)48/h4-12,16-18,23-24,31,37,41,51H,13-15,19-20H2,1-3H3,(H,42,47,48)/t23-,24+,31?,37?/m0/s1. The van der Waals surface area contributed by atoms with Crippen LogP contribution in [0, 0.1) is 0 Å². The number of carbonyl (C=O) groups excluding carboxylic acids is 4. The van der Waals surface area contributed by atoms with Gasteiger partial charge < -0.3 is 25.0 Å². The molecular formula is C38H38BrN7O7. The normalized spacial score (nSPS) is 21.6. The maximum absolute atomic E-state index is 13.6. The molecule has 4 atom stereocenters. The highest BCUT2D eigenvalue weighted by atomic mass is 79.9. The van der Waals surface area contributed by atoms with E-state index in [4.69, 9.17) is 4.74 Å². The van der Waals surface area contributed by atoms with Crippen LogP contribution in [0.4, 0.5) is 11.4 Å². The van der Waals surface area contributed by atoms with Gasteiger partial charge in [-0.25, -0.2) is 4.68 Å². The number of carbonyl (C=O) groups is 4. The number of likely N-dealkylation sites (N-methyl/N-ethyl adjacent to an activating group) is 1. The van der Waals surface area contributed by atoms with Gasteiger partial charge in [0, 0.05) is 68.1 Å². The van der Waals surface area contributed by atoms with Crippen molar-refractivity contribution < 1.29 is 29.0 Å². The van der Waals surface area contributed by atoms with Gasteiger partial charge >= 0.3 is 0 Å². The van der Waals surface area contributed by atoms with Crippen molar-refractivity contribution in [3.63, 3.8) is 0 Å². The highest BCUT2D eigenvalue weighted by molar-refractivity contribution is 9.10. The number of aryl methyl sites for hydroxylation is 1. The van der Waals surface area contributed by atoms with Crippen LogP contribution in [0.5, 0.6) is 11.5 Å². The first-order valence-electron chi connectivity index (χ1n) is 17.2. The Morgan fingerprint density at radius 1 is 1.02 bits per heavy atom. The van der Waals surface area contributed by atoms with Gasteiger partial charge in [0.1, 0.15) is 22.0 Å². The topological polar surface area (TPSA) is 166 Å². The second kappa shape index (κ2) is 14.6. The number of benzene rings is 3. The molecule has 4 aromatic rings. The average Bonchev–Trinajstić information content (AvgIpc) is 3.39. The van der Waals surface area contributed by atoms with E-state index in [1.807, 2.05) is 24.3 Å². The maximum atomic E-state index is 13.6. The molecule has 0 radical (unpaired) electrons. The summed E-state index contributed by atoms with van der Waals surface area (Å²) in [6, 6.07) is 18.5. The van der Waals surface area contributed by atoms with Gasteiger partial charge in [0.2, 0.25) is 11.8 Å². The minimum absolute atomic E-state index is 0.0744. The molecule has 2 saturated heterocycles. The lowest BCUT2D eigenvalue weighted by Crippen LogP contribution is -2.53. The number of likely N-dealkylation sites (tertiary alicyclic amines) is 1. The molecule has 1 aromatic heterocycles. The van der Waals surface area contributed by atoms with Gasteiger partial charge in [0.15, 0.2) is 6.23 Å². The van der Waals surface area contributed by atoms with E-state index >= 15 is 0 Å². The summed E-state index contributed by atoms with van der Waals surface area (Å²) < 4.78 is 7.83. The number of imide groups is 1. The zero-order valence-electron chi connectivity index (χ0n) is 29.3. The van der Waals surface area contributed by atoms with Crippen molar-refractivity contribution in [2.24, 2.45) is 7.05 Å². The van der Waals surface area contributed by atoms with E-state index in [1.165, 1.54) is 15.6 Å². The van der Waals surface area contributed by atoms with Crippen LogP contribution in [0.15, 0.2) is 82.2 Å². The molecule has 0 spiro atoms. The number of hydrogen-bond donors (Lipinski definition) is 3. The lowest BCUT2D eigenvalue weighted by molar-refractivity contribution is -0.139. The summed E-state index contributed by atoms with van der Waals surface area (Å²) in [5.74, 6) is -0.740. The van der Waals surface area contributed by atoms with E-state index in [-0.39, 0.29) is 41.8 Å². The SMILES string of the molecule is CN1C[C@H](Nc2cnn(C)c(=O)c2Br)C[C@H](c2ccc(C(=O)N(C)c3cccc(Oc4ccc5c(c4)C(O)N(C4CCC(=O)NC4=O)C5=O)c3)cc2)C1. The molecule has 3 aliphatic heterocycles. The van der Waals surface area contributed by atoms with Gasteiger partial charge in [-0.1, -0.05) is 18.2 Å². The van der Waals surface area contributed by atoms with Crippen molar-refractivity contribution in [1.82, 2.24) is 24.9 Å². The predicted octanol–water partition coefficient (Wildman–Crippen LogP) is 3.76. The fraction of sp³-hybridized carbons (Fsp3) is 0.316. The Labute approximate surface area is 313 Å². The fourth-order valence-electron chi connectivity index (χ4n) is 7.27. The van der Waals surface area contributed by atoms with Gasteiger partial charge in [-0.2, -0.15) is 5.10 Å². The van der Waals surface area contributed by atoms with Crippen LogP contribution >= 0.6 is 15.9 Å². The Hall–Kier alpha value is -5.38. The van der Waals surface area contributed by atoms with Crippen LogP contribution in [-0.4, -0.2) is 87.6 Å². The number of amides is 4. The number of aliphatic hydroxyl groups excluding tert-OH is 1. The van der Waals surface area contributed by atoms with E-state index in [1.54, 1.807) is 56.7 Å². The van der Waals surface area contributed by atoms with Crippen molar-refractivity contribution in [1.29, 1.82) is 0 Å². The Balaban J connectivity index is 1.00. The second-order valence-electron chi connectivity index (χ2n) is 13.7. The molecule has 274 valence electrons. The summed E-state index contributed by atoms with van der Waals surface area (Å²) >= 11 is 3.40. The number of ether oxygens (including phenoxy) is 1. The van der Waals surface area contributed by atoms with Crippen LogP contribution < -0.4 is 25.8 Å². The fourth-order valence-corrected chi connectivity index (χ4v) is 7.74. The first-order chi connectivity index (χ1) is 25.4. The predicted molar refractivity (Wildman–Crippen MR) is 199 cm³/mol. The molecule has 3 aliphatic rings. The van der Waals surface area contributed by atoms with Crippen molar-refractivity contribution in [2.45, 2.75) is 43.5 Å². The molecule has 0 aliphatic carbocycles. The Morgan fingerprint density at radius 2 is 1.77 bits per heavy atom. The first kappa shape index (κ1) is 36.0. The minimum Gasteiger partial charge on any atom is -0.457 e. The molecule has 3 aromatic carbocycles. The third kappa shape index (κ3) is 7.19. The number of nitrogens with zero attached hydrogens (tertiary/aromatic N) is 5. The molecule has 4 amide bonds. The Bertz CT molecular complexity index is 2170. The van der Waals surface area contributed by atoms with Crippen molar-refractivity contribution in [3.8, 4) is 11.5 Å². The van der Waals surface area contributed by atoms with Gasteiger partial charge in [-0.3, -0.25) is 34.2 Å². The average molecular weight is 785 g/mol. The number of anilines is 2. The van der Waals surface area contributed by atoms with Crippen molar-refractivity contribution >= 4 is 50.9 Å². The molecule has 7 rings (SSSR count). The molecule has 0 bridgehead atoms. The minimum atomic E-state index is -1.38. The zero-order valence-corrected chi connectivity index (χ0v) is 30.9. The van der Waals surface area contributed by atoms with Crippen LogP contribution in [0.25, 0.3) is 0 Å². The van der Waals surface area contributed by atoms with Crippen molar-refractivity contribution in [2.75, 3.05) is 37.4 Å². The summed E-state index contributed by atoms with van der Waals surface area (Å²) in [6.07, 6.45) is 1.31. The number of aromatic nitrogens is 2. The lowest BCUT2D eigenvalue weighted by atomic mass is 9.87.